The first-order valence-corrected chi connectivity index (χ1v) is 12.2. The molecule has 0 unspecified atom stereocenters. The van der Waals surface area contributed by atoms with Crippen molar-refractivity contribution in [2.24, 2.45) is 0 Å². The summed E-state index contributed by atoms with van der Waals surface area (Å²) in [4.78, 5) is 41.6. The number of amides is 1. The number of nitro groups is 1. The molecule has 13 heteroatoms. The first-order chi connectivity index (χ1) is 16.4. The topological polar surface area (TPSA) is 123 Å². The van der Waals surface area contributed by atoms with Gasteiger partial charge in [-0.15, -0.1) is 11.3 Å². The Morgan fingerprint density at radius 3 is 2.62 bits per heavy atom. The second-order valence-corrected chi connectivity index (χ2v) is 9.95. The number of aromatic nitrogens is 5. The molecule has 0 N–H and O–H groups in total. The maximum Gasteiger partial charge on any atom is 0.284 e. The van der Waals surface area contributed by atoms with Crippen molar-refractivity contribution >= 4 is 46.3 Å². The normalized spacial score (nSPS) is 14.1. The number of hydrogen-bond acceptors (Lipinski definition) is 10. The van der Waals surface area contributed by atoms with Gasteiger partial charge >= 0.3 is 0 Å². The molecule has 0 spiro atoms. The Hall–Kier alpha value is -3.58. The summed E-state index contributed by atoms with van der Waals surface area (Å²) < 4.78 is 2.41. The molecule has 1 fully saturated rings. The van der Waals surface area contributed by atoms with Gasteiger partial charge in [-0.3, -0.25) is 14.9 Å². The minimum absolute atomic E-state index is 0.0943. The lowest BCUT2D eigenvalue weighted by atomic mass is 10.1. The van der Waals surface area contributed by atoms with Crippen LogP contribution in [-0.2, 0) is 0 Å². The quantitative estimate of drug-likeness (QED) is 0.303. The van der Waals surface area contributed by atoms with Gasteiger partial charge in [0, 0.05) is 60.6 Å². The number of carbonyl (C=O) groups excluding carboxylic acids is 1. The van der Waals surface area contributed by atoms with Crippen molar-refractivity contribution in [2.75, 3.05) is 31.1 Å². The number of fused-ring (bicyclic) bond motifs is 1. The summed E-state index contributed by atoms with van der Waals surface area (Å²) in [5.74, 6) is 1.19. The zero-order valence-corrected chi connectivity index (χ0v) is 20.0. The smallest absolute Gasteiger partial charge is 0.284 e. The third-order valence-electron chi connectivity index (χ3n) is 5.45. The van der Waals surface area contributed by atoms with E-state index in [1.54, 1.807) is 21.5 Å². The van der Waals surface area contributed by atoms with Crippen LogP contribution in [0.2, 0.25) is 0 Å². The van der Waals surface area contributed by atoms with Crippen LogP contribution in [0.1, 0.15) is 21.7 Å². The van der Waals surface area contributed by atoms with Gasteiger partial charge in [0.1, 0.15) is 12.1 Å². The highest BCUT2D eigenvalue weighted by atomic mass is 32.2. The van der Waals surface area contributed by atoms with E-state index in [1.165, 1.54) is 35.5 Å². The van der Waals surface area contributed by atoms with Crippen LogP contribution in [0.5, 0.6) is 0 Å². The van der Waals surface area contributed by atoms with Crippen LogP contribution in [0.3, 0.4) is 0 Å². The number of aryl methyl sites for hydroxylation is 2. The Balaban J connectivity index is 1.31. The maximum absolute atomic E-state index is 13.1. The van der Waals surface area contributed by atoms with Crippen LogP contribution in [0.25, 0.3) is 5.78 Å². The molecular weight excluding hydrogens is 476 g/mol. The van der Waals surface area contributed by atoms with Gasteiger partial charge in [0.2, 0.25) is 0 Å². The van der Waals surface area contributed by atoms with Crippen molar-refractivity contribution in [3.63, 3.8) is 0 Å². The van der Waals surface area contributed by atoms with E-state index in [4.69, 9.17) is 0 Å². The summed E-state index contributed by atoms with van der Waals surface area (Å²) in [7, 11) is 0. The lowest BCUT2D eigenvalue weighted by Crippen LogP contribution is -2.49. The lowest BCUT2D eigenvalue weighted by molar-refractivity contribution is -0.387. The van der Waals surface area contributed by atoms with Gasteiger partial charge in [0.05, 0.1) is 9.82 Å². The van der Waals surface area contributed by atoms with Crippen molar-refractivity contribution in [3.05, 3.63) is 63.0 Å². The van der Waals surface area contributed by atoms with Crippen molar-refractivity contribution in [2.45, 2.75) is 23.1 Å². The minimum Gasteiger partial charge on any atom is -0.353 e. The standard InChI is InChI=1S/C21H20N8O3S2/c1-13-9-18(28-20(24-13)22-12-23-28)26-5-7-27(8-6-26)19(30)15-3-4-17(16(10-15)29(31)32)34-21-25-14(2)11-33-21/h3-4,9-12H,5-8H2,1-2H3. The number of carbonyl (C=O) groups is 1. The Kier molecular flexibility index (Phi) is 5.87. The number of rotatable bonds is 5. The summed E-state index contributed by atoms with van der Waals surface area (Å²) >= 11 is 2.67. The molecule has 1 saturated heterocycles. The summed E-state index contributed by atoms with van der Waals surface area (Å²) in [5, 5.41) is 17.9. The molecule has 0 atom stereocenters. The third-order valence-corrected chi connectivity index (χ3v) is 7.57. The fourth-order valence-corrected chi connectivity index (χ4v) is 5.69. The van der Waals surface area contributed by atoms with Gasteiger partial charge < -0.3 is 9.80 Å². The first-order valence-electron chi connectivity index (χ1n) is 10.5. The summed E-state index contributed by atoms with van der Waals surface area (Å²) in [5.41, 5.74) is 1.92. The highest BCUT2D eigenvalue weighted by molar-refractivity contribution is 8.01. The second-order valence-electron chi connectivity index (χ2n) is 7.80. The number of benzene rings is 1. The number of piperazine rings is 1. The molecule has 1 aromatic carbocycles. The molecule has 1 amide bonds. The van der Waals surface area contributed by atoms with Crippen LogP contribution in [0.15, 0.2) is 45.2 Å². The first kappa shape index (κ1) is 22.2. The molecule has 0 radical (unpaired) electrons. The molecule has 1 aliphatic rings. The van der Waals surface area contributed by atoms with E-state index < -0.39 is 4.92 Å². The van der Waals surface area contributed by atoms with Crippen LogP contribution >= 0.6 is 23.1 Å². The molecule has 11 nitrogen and oxygen atoms in total. The summed E-state index contributed by atoms with van der Waals surface area (Å²) in [6, 6.07) is 6.59. The fourth-order valence-electron chi connectivity index (χ4n) is 3.81. The predicted octanol–water partition coefficient (Wildman–Crippen LogP) is 3.22. The molecule has 0 saturated carbocycles. The minimum atomic E-state index is -0.452. The maximum atomic E-state index is 13.1. The highest BCUT2D eigenvalue weighted by Crippen LogP contribution is 2.37. The monoisotopic (exact) mass is 496 g/mol. The molecule has 5 rings (SSSR count). The Labute approximate surface area is 202 Å². The third kappa shape index (κ3) is 4.31. The Bertz CT molecular complexity index is 1390. The van der Waals surface area contributed by atoms with Crippen molar-refractivity contribution in [3.8, 4) is 0 Å². The largest absolute Gasteiger partial charge is 0.353 e. The summed E-state index contributed by atoms with van der Waals surface area (Å²) in [6.07, 6.45) is 1.47. The van der Waals surface area contributed by atoms with Gasteiger partial charge in [0.25, 0.3) is 17.4 Å². The average Bonchev–Trinajstić information content (AvgIpc) is 3.46. The molecule has 4 heterocycles. The van der Waals surface area contributed by atoms with Crippen LogP contribution in [0.4, 0.5) is 11.5 Å². The van der Waals surface area contributed by atoms with E-state index in [2.05, 4.69) is 25.0 Å². The molecular formula is C21H20N8O3S2. The molecule has 3 aromatic heterocycles. The van der Waals surface area contributed by atoms with Crippen LogP contribution < -0.4 is 4.90 Å². The SMILES string of the molecule is Cc1csc(Sc2ccc(C(=O)N3CCN(c4cc(C)nc5ncnn45)CC3)cc2[N+](=O)[O-])n1. The lowest BCUT2D eigenvalue weighted by Gasteiger charge is -2.36. The Morgan fingerprint density at radius 2 is 1.91 bits per heavy atom. The van der Waals surface area contributed by atoms with Gasteiger partial charge in [-0.05, 0) is 26.0 Å². The number of nitro benzene ring substituents is 1. The second kappa shape index (κ2) is 8.99. The van der Waals surface area contributed by atoms with E-state index in [0.29, 0.717) is 42.4 Å². The molecule has 1 aliphatic heterocycles. The Morgan fingerprint density at radius 1 is 1.12 bits per heavy atom. The van der Waals surface area contributed by atoms with E-state index in [-0.39, 0.29) is 11.6 Å². The van der Waals surface area contributed by atoms with Gasteiger partial charge in [-0.25, -0.2) is 9.97 Å². The zero-order valence-electron chi connectivity index (χ0n) is 18.4. The summed E-state index contributed by atoms with van der Waals surface area (Å²) in [6.45, 7) is 5.95. The number of anilines is 1. The molecule has 0 bridgehead atoms. The van der Waals surface area contributed by atoms with E-state index >= 15 is 0 Å². The molecule has 0 aliphatic carbocycles. The molecule has 174 valence electrons. The van der Waals surface area contributed by atoms with Gasteiger partial charge in [-0.2, -0.15) is 14.6 Å². The van der Waals surface area contributed by atoms with Crippen LogP contribution in [-0.4, -0.2) is 66.5 Å². The average molecular weight is 497 g/mol. The van der Waals surface area contributed by atoms with Crippen molar-refractivity contribution in [1.82, 2.24) is 29.5 Å². The number of thiazole rings is 1. The van der Waals surface area contributed by atoms with Crippen LogP contribution in [0, 0.1) is 24.0 Å². The van der Waals surface area contributed by atoms with Gasteiger partial charge in [0.15, 0.2) is 4.34 Å². The zero-order chi connectivity index (χ0) is 23.8. The van der Waals surface area contributed by atoms with Gasteiger partial charge in [-0.1, -0.05) is 11.8 Å². The number of nitrogens with zero attached hydrogens (tertiary/aromatic N) is 8. The molecule has 34 heavy (non-hydrogen) atoms. The number of hydrogen-bond donors (Lipinski definition) is 0. The van der Waals surface area contributed by atoms with Crippen molar-refractivity contribution < 1.29 is 9.72 Å². The van der Waals surface area contributed by atoms with E-state index in [0.717, 1.165) is 21.5 Å². The van der Waals surface area contributed by atoms with E-state index in [1.807, 2.05) is 25.3 Å². The molecule has 4 aromatic rings. The fraction of sp³-hybridized carbons (Fsp3) is 0.286. The van der Waals surface area contributed by atoms with Crippen molar-refractivity contribution in [1.29, 1.82) is 0 Å². The van der Waals surface area contributed by atoms with E-state index in [9.17, 15) is 14.9 Å². The predicted molar refractivity (Wildman–Crippen MR) is 128 cm³/mol. The highest BCUT2D eigenvalue weighted by Gasteiger charge is 2.26.